The number of ether oxygens (including phenoxy) is 4. The number of carbonyl (C=O) groups is 3. The third-order valence-electron chi connectivity index (χ3n) is 5.53. The van der Waals surface area contributed by atoms with E-state index in [1.165, 1.54) is 58.5 Å². The van der Waals surface area contributed by atoms with Crippen LogP contribution in [0.25, 0.3) is 0 Å². The molecule has 0 radical (unpaired) electrons. The zero-order valence-corrected chi connectivity index (χ0v) is 22.0. The van der Waals surface area contributed by atoms with Crippen LogP contribution in [0.4, 0.5) is 0 Å². The summed E-state index contributed by atoms with van der Waals surface area (Å²) >= 11 is 0. The van der Waals surface area contributed by atoms with E-state index in [0.29, 0.717) is 52.5 Å². The van der Waals surface area contributed by atoms with Crippen LogP contribution in [0.5, 0.6) is 0 Å². The Morgan fingerprint density at radius 1 is 0.629 bits per heavy atom. The second-order valence-corrected chi connectivity index (χ2v) is 8.68. The van der Waals surface area contributed by atoms with E-state index < -0.39 is 11.9 Å². The highest BCUT2D eigenvalue weighted by molar-refractivity contribution is 5.91. The number of hydrogen-bond acceptors (Lipinski definition) is 8. The maximum absolute atomic E-state index is 11.8. The summed E-state index contributed by atoms with van der Waals surface area (Å²) < 4.78 is 20.0. The number of methoxy groups -OCH3 is 1. The molecule has 0 aromatic rings. The maximum Gasteiger partial charge on any atom is 0.317 e. The molecule has 0 aliphatic carbocycles. The van der Waals surface area contributed by atoms with E-state index in [-0.39, 0.29) is 12.3 Å². The standard InChI is InChI=1S/C26H50N2O7/c1-32-25(30)23-26(31)35-18-14-12-10-8-6-4-2-3-5-7-9-11-13-15-24(29)28-17-20-34-22-21-33-19-16-27/h2-23,27H2,1H3,(H,28,29). The van der Waals surface area contributed by atoms with Crippen LogP contribution in [-0.2, 0) is 33.3 Å². The Morgan fingerprint density at radius 3 is 1.69 bits per heavy atom. The molecule has 0 bridgehead atoms. The van der Waals surface area contributed by atoms with E-state index in [0.717, 1.165) is 32.1 Å². The molecule has 9 heteroatoms. The number of unbranched alkanes of at least 4 members (excludes halogenated alkanes) is 12. The molecule has 0 saturated carbocycles. The normalized spacial score (nSPS) is 10.8. The van der Waals surface area contributed by atoms with Gasteiger partial charge in [-0.2, -0.15) is 0 Å². The van der Waals surface area contributed by atoms with Crippen LogP contribution in [-0.4, -0.2) is 71.1 Å². The number of nitrogens with two attached hydrogens (primary N) is 1. The van der Waals surface area contributed by atoms with Crippen molar-refractivity contribution in [1.82, 2.24) is 5.32 Å². The van der Waals surface area contributed by atoms with Crippen LogP contribution in [0.2, 0.25) is 0 Å². The fourth-order valence-corrected chi connectivity index (χ4v) is 3.52. The Morgan fingerprint density at radius 2 is 1.14 bits per heavy atom. The quantitative estimate of drug-likeness (QED) is 0.104. The molecule has 0 aliphatic rings. The van der Waals surface area contributed by atoms with Crippen molar-refractivity contribution in [1.29, 1.82) is 0 Å². The molecule has 0 rings (SSSR count). The molecule has 0 fully saturated rings. The highest BCUT2D eigenvalue weighted by Gasteiger charge is 2.09. The van der Waals surface area contributed by atoms with Crippen LogP contribution in [0, 0.1) is 0 Å². The predicted molar refractivity (Wildman–Crippen MR) is 136 cm³/mol. The lowest BCUT2D eigenvalue weighted by molar-refractivity contribution is -0.153. The first-order valence-corrected chi connectivity index (χ1v) is 13.4. The summed E-state index contributed by atoms with van der Waals surface area (Å²) in [5.74, 6) is -0.970. The Balaban J connectivity index is 3.20. The van der Waals surface area contributed by atoms with Crippen molar-refractivity contribution in [3.63, 3.8) is 0 Å². The largest absolute Gasteiger partial charge is 0.469 e. The number of amides is 1. The second-order valence-electron chi connectivity index (χ2n) is 8.68. The van der Waals surface area contributed by atoms with Crippen molar-refractivity contribution in [2.75, 3.05) is 53.2 Å². The van der Waals surface area contributed by atoms with Crippen LogP contribution in [0.3, 0.4) is 0 Å². The van der Waals surface area contributed by atoms with Gasteiger partial charge in [0.2, 0.25) is 5.91 Å². The van der Waals surface area contributed by atoms with Crippen molar-refractivity contribution < 1.29 is 33.3 Å². The lowest BCUT2D eigenvalue weighted by atomic mass is 10.0. The number of rotatable bonds is 26. The van der Waals surface area contributed by atoms with Gasteiger partial charge >= 0.3 is 11.9 Å². The molecule has 0 aromatic heterocycles. The van der Waals surface area contributed by atoms with Gasteiger partial charge in [-0.15, -0.1) is 0 Å². The SMILES string of the molecule is COC(=O)CC(=O)OCCCCCCCCCCCCCCCC(=O)NCCOCCOCCN. The molecular formula is C26H50N2O7. The summed E-state index contributed by atoms with van der Waals surface area (Å²) in [6, 6.07) is 0. The van der Waals surface area contributed by atoms with E-state index in [1.807, 2.05) is 0 Å². The van der Waals surface area contributed by atoms with Gasteiger partial charge < -0.3 is 30.0 Å². The van der Waals surface area contributed by atoms with Gasteiger partial charge in [0, 0.05) is 19.5 Å². The fourth-order valence-electron chi connectivity index (χ4n) is 3.52. The van der Waals surface area contributed by atoms with E-state index in [1.54, 1.807) is 0 Å². The topological polar surface area (TPSA) is 126 Å². The number of hydrogen-bond donors (Lipinski definition) is 2. The molecule has 0 unspecified atom stereocenters. The van der Waals surface area contributed by atoms with Crippen LogP contribution in [0.1, 0.15) is 96.3 Å². The second kappa shape index (κ2) is 26.9. The minimum atomic E-state index is -0.561. The van der Waals surface area contributed by atoms with Crippen molar-refractivity contribution in [3.05, 3.63) is 0 Å². The molecule has 206 valence electrons. The minimum Gasteiger partial charge on any atom is -0.469 e. The molecule has 0 aromatic carbocycles. The number of nitrogens with one attached hydrogen (secondary N) is 1. The van der Waals surface area contributed by atoms with Gasteiger partial charge in [-0.25, -0.2) is 0 Å². The Bertz CT molecular complexity index is 518. The van der Waals surface area contributed by atoms with Crippen molar-refractivity contribution >= 4 is 17.8 Å². The zero-order valence-electron chi connectivity index (χ0n) is 22.0. The Kier molecular flexibility index (Phi) is 25.6. The zero-order chi connectivity index (χ0) is 25.8. The Labute approximate surface area is 212 Å². The third kappa shape index (κ3) is 26.7. The summed E-state index contributed by atoms with van der Waals surface area (Å²) in [4.78, 5) is 34.0. The summed E-state index contributed by atoms with van der Waals surface area (Å²) in [6.07, 6.45) is 15.4. The van der Waals surface area contributed by atoms with Gasteiger partial charge in [0.25, 0.3) is 0 Å². The minimum absolute atomic E-state index is 0.104. The van der Waals surface area contributed by atoms with Gasteiger partial charge in [-0.1, -0.05) is 70.6 Å². The average molecular weight is 503 g/mol. The maximum atomic E-state index is 11.8. The molecule has 0 heterocycles. The smallest absolute Gasteiger partial charge is 0.317 e. The van der Waals surface area contributed by atoms with E-state index in [2.05, 4.69) is 10.1 Å². The Hall–Kier alpha value is -1.71. The molecule has 1 amide bonds. The molecule has 3 N–H and O–H groups in total. The first-order chi connectivity index (χ1) is 17.1. The lowest BCUT2D eigenvalue weighted by Gasteiger charge is -2.07. The van der Waals surface area contributed by atoms with Crippen LogP contribution in [0.15, 0.2) is 0 Å². The molecule has 0 saturated heterocycles. The van der Waals surface area contributed by atoms with Crippen LogP contribution >= 0.6 is 0 Å². The van der Waals surface area contributed by atoms with E-state index >= 15 is 0 Å². The van der Waals surface area contributed by atoms with E-state index in [4.69, 9.17) is 19.9 Å². The third-order valence-corrected chi connectivity index (χ3v) is 5.53. The predicted octanol–water partition coefficient (Wildman–Crippen LogP) is 3.66. The number of esters is 2. The first kappa shape index (κ1) is 33.3. The molecule has 0 aliphatic heterocycles. The first-order valence-electron chi connectivity index (χ1n) is 13.4. The van der Waals surface area contributed by atoms with Crippen molar-refractivity contribution in [3.8, 4) is 0 Å². The van der Waals surface area contributed by atoms with Gasteiger partial charge in [-0.3, -0.25) is 14.4 Å². The summed E-state index contributed by atoms with van der Waals surface area (Å²) in [5.41, 5.74) is 5.32. The highest BCUT2D eigenvalue weighted by atomic mass is 16.5. The summed E-state index contributed by atoms with van der Waals surface area (Å²) in [5, 5.41) is 2.89. The highest BCUT2D eigenvalue weighted by Crippen LogP contribution is 2.13. The molecular weight excluding hydrogens is 452 g/mol. The van der Waals surface area contributed by atoms with E-state index in [9.17, 15) is 14.4 Å². The van der Waals surface area contributed by atoms with Gasteiger partial charge in [-0.05, 0) is 12.8 Å². The number of carbonyl (C=O) groups excluding carboxylic acids is 3. The summed E-state index contributed by atoms with van der Waals surface area (Å²) in [7, 11) is 1.26. The van der Waals surface area contributed by atoms with Crippen LogP contribution < -0.4 is 11.1 Å². The van der Waals surface area contributed by atoms with Crippen molar-refractivity contribution in [2.24, 2.45) is 5.73 Å². The average Bonchev–Trinajstić information content (AvgIpc) is 2.85. The summed E-state index contributed by atoms with van der Waals surface area (Å²) in [6.45, 7) is 3.56. The molecule has 9 nitrogen and oxygen atoms in total. The molecule has 35 heavy (non-hydrogen) atoms. The monoisotopic (exact) mass is 502 g/mol. The van der Waals surface area contributed by atoms with Gasteiger partial charge in [0.15, 0.2) is 0 Å². The van der Waals surface area contributed by atoms with Gasteiger partial charge in [0.1, 0.15) is 6.42 Å². The fraction of sp³-hybridized carbons (Fsp3) is 0.885. The molecule has 0 atom stereocenters. The van der Waals surface area contributed by atoms with Crippen molar-refractivity contribution in [2.45, 2.75) is 96.3 Å². The van der Waals surface area contributed by atoms with Gasteiger partial charge in [0.05, 0.1) is 40.1 Å². The molecule has 0 spiro atoms. The lowest BCUT2D eigenvalue weighted by Crippen LogP contribution is -2.27.